The maximum Gasteiger partial charge on any atom is 0.189 e. The number of rotatable bonds is 5. The molecule has 2 aromatic rings. The summed E-state index contributed by atoms with van der Waals surface area (Å²) in [5, 5.41) is 25.1. The molecule has 0 amide bonds. The van der Waals surface area contributed by atoms with Crippen LogP contribution in [0.4, 0.5) is 0 Å². The minimum atomic E-state index is 0.0438. The first-order valence-corrected chi connectivity index (χ1v) is 6.19. The average molecular weight is 267 g/mol. The molecule has 0 saturated carbocycles. The minimum absolute atomic E-state index is 0.0438. The van der Waals surface area contributed by atoms with Gasteiger partial charge in [-0.3, -0.25) is 0 Å². The van der Waals surface area contributed by atoms with Crippen LogP contribution in [0.5, 0.6) is 5.75 Å². The molecule has 0 N–H and O–H groups in total. The Labute approximate surface area is 116 Å². The normalized spacial score (nSPS) is 9.75. The molecule has 0 bridgehead atoms. The molecule has 0 atom stereocenters. The number of ether oxygens (including phenoxy) is 1. The molecule has 0 aliphatic heterocycles. The maximum absolute atomic E-state index is 8.96. The number of hydrogen-bond donors (Lipinski definition) is 0. The minimum Gasteiger partial charge on any atom is -0.487 e. The van der Waals surface area contributed by atoms with E-state index in [1.807, 2.05) is 36.4 Å². The summed E-state index contributed by atoms with van der Waals surface area (Å²) >= 11 is 0. The van der Waals surface area contributed by atoms with E-state index in [1.165, 1.54) is 10.2 Å². The van der Waals surface area contributed by atoms with E-state index in [-0.39, 0.29) is 18.8 Å². The maximum atomic E-state index is 8.96. The molecule has 0 fully saturated rings. The fourth-order valence-electron chi connectivity index (χ4n) is 1.73. The van der Waals surface area contributed by atoms with Gasteiger partial charge in [0, 0.05) is 0 Å². The quantitative estimate of drug-likeness (QED) is 0.824. The van der Waals surface area contributed by atoms with E-state index in [4.69, 9.17) is 15.3 Å². The van der Waals surface area contributed by atoms with Gasteiger partial charge in [0.15, 0.2) is 5.69 Å². The van der Waals surface area contributed by atoms with Crippen molar-refractivity contribution in [3.05, 3.63) is 41.2 Å². The van der Waals surface area contributed by atoms with Crippen molar-refractivity contribution in [3.63, 3.8) is 0 Å². The molecule has 0 spiro atoms. The van der Waals surface area contributed by atoms with Crippen molar-refractivity contribution in [2.75, 3.05) is 0 Å². The van der Waals surface area contributed by atoms with Crippen LogP contribution in [0.2, 0.25) is 0 Å². The highest BCUT2D eigenvalue weighted by Crippen LogP contribution is 2.15. The fourth-order valence-corrected chi connectivity index (χ4v) is 1.73. The van der Waals surface area contributed by atoms with Crippen LogP contribution in [0, 0.1) is 22.7 Å². The summed E-state index contributed by atoms with van der Waals surface area (Å²) in [7, 11) is 0. The van der Waals surface area contributed by atoms with Crippen LogP contribution in [0.15, 0.2) is 24.3 Å². The number of aryl methyl sites for hydroxylation is 1. The van der Waals surface area contributed by atoms with Gasteiger partial charge in [-0.25, -0.2) is 4.68 Å². The van der Waals surface area contributed by atoms with Crippen molar-refractivity contribution in [1.82, 2.24) is 15.0 Å². The molecule has 0 radical (unpaired) electrons. The summed E-state index contributed by atoms with van der Waals surface area (Å²) in [5.74, 6) is 0.704. The van der Waals surface area contributed by atoms with E-state index in [0.717, 1.165) is 6.42 Å². The molecular weight excluding hydrogens is 254 g/mol. The Morgan fingerprint density at radius 2 is 2.00 bits per heavy atom. The third-order valence-corrected chi connectivity index (χ3v) is 2.87. The second-order valence-corrected chi connectivity index (χ2v) is 4.10. The first-order valence-electron chi connectivity index (χ1n) is 6.19. The predicted octanol–water partition coefficient (Wildman–Crippen LogP) is 1.81. The Morgan fingerprint density at radius 1 is 1.25 bits per heavy atom. The zero-order valence-electron chi connectivity index (χ0n) is 11.1. The van der Waals surface area contributed by atoms with Gasteiger partial charge in [-0.15, -0.1) is 5.10 Å². The molecule has 0 aliphatic rings. The van der Waals surface area contributed by atoms with Gasteiger partial charge >= 0.3 is 0 Å². The Bertz CT molecular complexity index is 660. The molecule has 0 aliphatic carbocycles. The van der Waals surface area contributed by atoms with Crippen molar-refractivity contribution in [1.29, 1.82) is 10.5 Å². The van der Waals surface area contributed by atoms with Crippen LogP contribution < -0.4 is 4.74 Å². The Kier molecular flexibility index (Phi) is 4.31. The average Bonchev–Trinajstić information content (AvgIpc) is 2.88. The van der Waals surface area contributed by atoms with Gasteiger partial charge in [0.05, 0.1) is 6.07 Å². The highest BCUT2D eigenvalue weighted by Gasteiger charge is 2.13. The topological polar surface area (TPSA) is 87.5 Å². The molecule has 6 heteroatoms. The molecule has 6 nitrogen and oxygen atoms in total. The van der Waals surface area contributed by atoms with Crippen molar-refractivity contribution in [3.8, 4) is 17.9 Å². The first-order chi connectivity index (χ1) is 9.78. The first kappa shape index (κ1) is 13.6. The highest BCUT2D eigenvalue weighted by molar-refractivity contribution is 5.29. The lowest BCUT2D eigenvalue weighted by Crippen LogP contribution is -2.08. The van der Waals surface area contributed by atoms with Gasteiger partial charge in [0.1, 0.15) is 30.7 Å². The van der Waals surface area contributed by atoms with E-state index in [9.17, 15) is 0 Å². The molecule has 0 saturated heterocycles. The fraction of sp³-hybridized carbons (Fsp3) is 0.286. The lowest BCUT2D eigenvalue weighted by molar-refractivity contribution is 0.293. The lowest BCUT2D eigenvalue weighted by atomic mass is 10.2. The molecule has 1 aromatic heterocycles. The van der Waals surface area contributed by atoms with Crippen LogP contribution in [0.25, 0.3) is 0 Å². The Balaban J connectivity index is 2.11. The Morgan fingerprint density at radius 3 is 2.60 bits per heavy atom. The SMILES string of the molecule is CCc1ccc(OCc2c(C#N)nnn2CC#N)cc1. The van der Waals surface area contributed by atoms with Gasteiger partial charge in [0.2, 0.25) is 0 Å². The van der Waals surface area contributed by atoms with Crippen LogP contribution in [-0.4, -0.2) is 15.0 Å². The molecule has 2 rings (SSSR count). The van der Waals surface area contributed by atoms with Gasteiger partial charge in [0.25, 0.3) is 0 Å². The molecule has 0 unspecified atom stereocenters. The van der Waals surface area contributed by atoms with E-state index in [2.05, 4.69) is 17.2 Å². The number of nitriles is 2. The summed E-state index contributed by atoms with van der Waals surface area (Å²) in [6, 6.07) is 11.7. The monoisotopic (exact) mass is 267 g/mol. The molecule has 1 aromatic carbocycles. The standard InChI is InChI=1S/C14H13N5O/c1-2-11-3-5-12(6-4-11)20-10-14-13(9-16)17-18-19(14)8-7-15/h3-6H,2,8,10H2,1H3. The number of aromatic nitrogens is 3. The third kappa shape index (κ3) is 2.93. The van der Waals surface area contributed by atoms with Crippen molar-refractivity contribution in [2.45, 2.75) is 26.5 Å². The predicted molar refractivity (Wildman–Crippen MR) is 70.5 cm³/mol. The smallest absolute Gasteiger partial charge is 0.189 e. The number of benzene rings is 1. The summed E-state index contributed by atoms with van der Waals surface area (Å²) in [4.78, 5) is 0. The van der Waals surface area contributed by atoms with Crippen LogP contribution >= 0.6 is 0 Å². The second-order valence-electron chi connectivity index (χ2n) is 4.10. The van der Waals surface area contributed by atoms with Crippen molar-refractivity contribution >= 4 is 0 Å². The largest absolute Gasteiger partial charge is 0.487 e. The molecule has 100 valence electrons. The summed E-state index contributed by atoms with van der Waals surface area (Å²) in [6.07, 6.45) is 0.970. The molecule has 1 heterocycles. The van der Waals surface area contributed by atoms with Crippen molar-refractivity contribution < 1.29 is 4.74 Å². The van der Waals surface area contributed by atoms with E-state index in [1.54, 1.807) is 0 Å². The number of hydrogen-bond acceptors (Lipinski definition) is 5. The summed E-state index contributed by atoms with van der Waals surface area (Å²) < 4.78 is 6.99. The number of nitrogens with zero attached hydrogens (tertiary/aromatic N) is 5. The molecule has 20 heavy (non-hydrogen) atoms. The summed E-state index contributed by atoms with van der Waals surface area (Å²) in [5.41, 5.74) is 1.92. The second kappa shape index (κ2) is 6.35. The van der Waals surface area contributed by atoms with E-state index in [0.29, 0.717) is 11.4 Å². The lowest BCUT2D eigenvalue weighted by Gasteiger charge is -2.07. The third-order valence-electron chi connectivity index (χ3n) is 2.87. The van der Waals surface area contributed by atoms with E-state index >= 15 is 0 Å². The van der Waals surface area contributed by atoms with E-state index < -0.39 is 0 Å². The van der Waals surface area contributed by atoms with Crippen LogP contribution in [0.1, 0.15) is 23.9 Å². The Hall–Kier alpha value is -2.86. The zero-order valence-corrected chi connectivity index (χ0v) is 11.1. The zero-order chi connectivity index (χ0) is 14.4. The highest BCUT2D eigenvalue weighted by atomic mass is 16.5. The van der Waals surface area contributed by atoms with Gasteiger partial charge < -0.3 is 4.74 Å². The van der Waals surface area contributed by atoms with Gasteiger partial charge in [-0.1, -0.05) is 24.3 Å². The van der Waals surface area contributed by atoms with Crippen LogP contribution in [-0.2, 0) is 19.6 Å². The van der Waals surface area contributed by atoms with Gasteiger partial charge in [-0.2, -0.15) is 10.5 Å². The van der Waals surface area contributed by atoms with Crippen LogP contribution in [0.3, 0.4) is 0 Å². The summed E-state index contributed by atoms with van der Waals surface area (Å²) in [6.45, 7) is 2.28. The van der Waals surface area contributed by atoms with Gasteiger partial charge in [-0.05, 0) is 24.1 Å². The van der Waals surface area contributed by atoms with Crippen molar-refractivity contribution in [2.24, 2.45) is 0 Å². The molecular formula is C14H13N5O.